The summed E-state index contributed by atoms with van der Waals surface area (Å²) in [7, 11) is 3.17. The van der Waals surface area contributed by atoms with Gasteiger partial charge in [-0.15, -0.1) is 0 Å². The number of ether oxygens (including phenoxy) is 2. The number of methoxy groups -OCH3 is 2. The van der Waals surface area contributed by atoms with Gasteiger partial charge in [-0.2, -0.15) is 0 Å². The Balaban J connectivity index is 2.29. The van der Waals surface area contributed by atoms with Gasteiger partial charge >= 0.3 is 0 Å². The van der Waals surface area contributed by atoms with Crippen LogP contribution in [-0.4, -0.2) is 29.4 Å². The Morgan fingerprint density at radius 2 is 1.67 bits per heavy atom. The lowest BCUT2D eigenvalue weighted by Crippen LogP contribution is -2.18. The third-order valence-corrected chi connectivity index (χ3v) is 4.85. The molecular formula is C13H11N3O2S3. The Kier molecular flexibility index (Phi) is 3.60. The third kappa shape index (κ3) is 2.19. The molecule has 3 rings (SSSR count). The lowest BCUT2D eigenvalue weighted by molar-refractivity contribution is 0.402. The standard InChI is InChI=1S/C13H11N3O2S3/c1-17-5-3-4-6(18-2)8-7(5)9(15-11(8)14)10-12(19)16-13(20)21-10/h3-4H,1-2H3,(H2,14,15)(H,16,19,20). The highest BCUT2D eigenvalue weighted by Crippen LogP contribution is 2.43. The number of nitrogens with one attached hydrogen (secondary N) is 3. The Morgan fingerprint density at radius 3 is 2.19 bits per heavy atom. The molecule has 8 heteroatoms. The predicted molar refractivity (Wildman–Crippen MR) is 92.4 cm³/mol. The SMILES string of the molecule is COc1ccc(OC)c2c1C(=N)NC2=C1SC(=S)NC1=S. The lowest BCUT2D eigenvalue weighted by atomic mass is 10.0. The first-order chi connectivity index (χ1) is 10.1. The summed E-state index contributed by atoms with van der Waals surface area (Å²) in [5.41, 5.74) is 2.17. The second kappa shape index (κ2) is 5.28. The number of benzene rings is 1. The Labute approximate surface area is 136 Å². The van der Waals surface area contributed by atoms with E-state index in [1.807, 2.05) is 6.07 Å². The molecule has 108 valence electrons. The molecule has 0 bridgehead atoms. The van der Waals surface area contributed by atoms with Crippen LogP contribution in [-0.2, 0) is 0 Å². The van der Waals surface area contributed by atoms with E-state index in [1.165, 1.54) is 11.8 Å². The molecule has 1 aromatic carbocycles. The van der Waals surface area contributed by atoms with E-state index < -0.39 is 0 Å². The average molecular weight is 337 g/mol. The van der Waals surface area contributed by atoms with Crippen molar-refractivity contribution in [3.05, 3.63) is 28.2 Å². The fourth-order valence-corrected chi connectivity index (χ4v) is 3.85. The summed E-state index contributed by atoms with van der Waals surface area (Å²) in [6, 6.07) is 3.59. The number of thioether (sulfide) groups is 1. The van der Waals surface area contributed by atoms with Gasteiger partial charge in [0, 0.05) is 0 Å². The lowest BCUT2D eigenvalue weighted by Gasteiger charge is -2.11. The summed E-state index contributed by atoms with van der Waals surface area (Å²) >= 11 is 11.8. The van der Waals surface area contributed by atoms with E-state index >= 15 is 0 Å². The third-order valence-electron chi connectivity index (χ3n) is 3.16. The number of hydrogen-bond acceptors (Lipinski definition) is 6. The zero-order chi connectivity index (χ0) is 15.1. The summed E-state index contributed by atoms with van der Waals surface area (Å²) in [5, 5.41) is 14.2. The van der Waals surface area contributed by atoms with Gasteiger partial charge in [0.15, 0.2) is 0 Å². The van der Waals surface area contributed by atoms with Crippen molar-refractivity contribution >= 4 is 57.0 Å². The van der Waals surface area contributed by atoms with Gasteiger partial charge in [0.2, 0.25) is 0 Å². The van der Waals surface area contributed by atoms with Gasteiger partial charge in [0.1, 0.15) is 26.6 Å². The molecule has 0 amide bonds. The average Bonchev–Trinajstić information content (AvgIpc) is 2.98. The fourth-order valence-electron chi connectivity index (χ4n) is 2.30. The normalized spacial score (nSPS) is 20.2. The minimum atomic E-state index is 0.254. The molecule has 1 saturated heterocycles. The smallest absolute Gasteiger partial charge is 0.143 e. The van der Waals surface area contributed by atoms with Crippen LogP contribution in [0.5, 0.6) is 11.5 Å². The van der Waals surface area contributed by atoms with Crippen LogP contribution in [0.2, 0.25) is 0 Å². The van der Waals surface area contributed by atoms with E-state index in [0.29, 0.717) is 26.4 Å². The predicted octanol–water partition coefficient (Wildman–Crippen LogP) is 2.25. The molecule has 0 unspecified atom stereocenters. The van der Waals surface area contributed by atoms with Gasteiger partial charge < -0.3 is 20.1 Å². The molecule has 2 heterocycles. The van der Waals surface area contributed by atoms with Crippen LogP contribution in [0.1, 0.15) is 11.1 Å². The molecule has 1 fully saturated rings. The summed E-state index contributed by atoms with van der Waals surface area (Å²) < 4.78 is 11.4. The maximum atomic E-state index is 8.17. The van der Waals surface area contributed by atoms with Crippen molar-refractivity contribution < 1.29 is 9.47 Å². The van der Waals surface area contributed by atoms with E-state index in [1.54, 1.807) is 20.3 Å². The first kappa shape index (κ1) is 14.3. The molecule has 0 aliphatic carbocycles. The summed E-state index contributed by atoms with van der Waals surface area (Å²) in [6.45, 7) is 0. The van der Waals surface area contributed by atoms with E-state index in [9.17, 15) is 0 Å². The van der Waals surface area contributed by atoms with Crippen molar-refractivity contribution in [1.82, 2.24) is 10.6 Å². The van der Waals surface area contributed by atoms with Gasteiger partial charge in [0.25, 0.3) is 0 Å². The van der Waals surface area contributed by atoms with Crippen LogP contribution in [0, 0.1) is 5.41 Å². The van der Waals surface area contributed by atoms with Crippen molar-refractivity contribution in [3.63, 3.8) is 0 Å². The topological polar surface area (TPSA) is 66.4 Å². The summed E-state index contributed by atoms with van der Waals surface area (Å²) in [4.78, 5) is 1.35. The van der Waals surface area contributed by atoms with E-state index in [4.69, 9.17) is 39.3 Å². The first-order valence-corrected chi connectivity index (χ1v) is 7.58. The van der Waals surface area contributed by atoms with E-state index in [2.05, 4.69) is 10.6 Å². The number of thiocarbonyl (C=S) groups is 2. The zero-order valence-corrected chi connectivity index (χ0v) is 13.6. The molecular weight excluding hydrogens is 326 g/mol. The van der Waals surface area contributed by atoms with Crippen molar-refractivity contribution in [2.75, 3.05) is 14.2 Å². The van der Waals surface area contributed by atoms with Gasteiger partial charge in [-0.05, 0) is 12.1 Å². The van der Waals surface area contributed by atoms with Gasteiger partial charge in [0.05, 0.1) is 35.9 Å². The van der Waals surface area contributed by atoms with Crippen LogP contribution in [0.4, 0.5) is 0 Å². The molecule has 0 spiro atoms. The maximum Gasteiger partial charge on any atom is 0.143 e. The van der Waals surface area contributed by atoms with Crippen LogP contribution < -0.4 is 20.1 Å². The van der Waals surface area contributed by atoms with Crippen molar-refractivity contribution in [2.24, 2.45) is 0 Å². The van der Waals surface area contributed by atoms with Gasteiger partial charge in [-0.3, -0.25) is 5.41 Å². The van der Waals surface area contributed by atoms with Crippen LogP contribution in [0.25, 0.3) is 5.70 Å². The Bertz CT molecular complexity index is 728. The number of fused-ring (bicyclic) bond motifs is 1. The molecule has 0 atom stereocenters. The molecule has 2 aliphatic rings. The quantitative estimate of drug-likeness (QED) is 0.565. The Hall–Kier alpha value is -1.64. The summed E-state index contributed by atoms with van der Waals surface area (Å²) in [6.07, 6.45) is 0. The first-order valence-electron chi connectivity index (χ1n) is 5.95. The maximum absolute atomic E-state index is 8.17. The highest BCUT2D eigenvalue weighted by Gasteiger charge is 2.34. The van der Waals surface area contributed by atoms with Crippen molar-refractivity contribution in [2.45, 2.75) is 0 Å². The zero-order valence-electron chi connectivity index (χ0n) is 11.2. The molecule has 0 saturated carbocycles. The number of rotatable bonds is 2. The van der Waals surface area contributed by atoms with Gasteiger partial charge in [-0.25, -0.2) is 0 Å². The monoisotopic (exact) mass is 337 g/mol. The van der Waals surface area contributed by atoms with E-state index in [0.717, 1.165) is 16.2 Å². The fraction of sp³-hybridized carbons (Fsp3) is 0.154. The molecule has 3 N–H and O–H groups in total. The molecule has 0 aromatic heterocycles. The molecule has 0 radical (unpaired) electrons. The van der Waals surface area contributed by atoms with Crippen LogP contribution >= 0.6 is 36.2 Å². The highest BCUT2D eigenvalue weighted by atomic mass is 32.2. The second-order valence-electron chi connectivity index (χ2n) is 4.27. The highest BCUT2D eigenvalue weighted by molar-refractivity contribution is 8.27. The second-order valence-corrected chi connectivity index (χ2v) is 6.36. The van der Waals surface area contributed by atoms with Crippen molar-refractivity contribution in [3.8, 4) is 11.5 Å². The minimum absolute atomic E-state index is 0.254. The molecule has 21 heavy (non-hydrogen) atoms. The largest absolute Gasteiger partial charge is 0.496 e. The summed E-state index contributed by atoms with van der Waals surface area (Å²) in [5.74, 6) is 1.53. The Morgan fingerprint density at radius 1 is 1.05 bits per heavy atom. The number of hydrogen-bond donors (Lipinski definition) is 3. The van der Waals surface area contributed by atoms with Crippen LogP contribution in [0.3, 0.4) is 0 Å². The molecule has 1 aromatic rings. The molecule has 5 nitrogen and oxygen atoms in total. The van der Waals surface area contributed by atoms with Gasteiger partial charge in [-0.1, -0.05) is 36.2 Å². The van der Waals surface area contributed by atoms with Crippen molar-refractivity contribution in [1.29, 1.82) is 5.41 Å². The minimum Gasteiger partial charge on any atom is -0.496 e. The van der Waals surface area contributed by atoms with Crippen LogP contribution in [0.15, 0.2) is 17.0 Å². The number of amidine groups is 1. The molecule has 2 aliphatic heterocycles. The van der Waals surface area contributed by atoms with E-state index in [-0.39, 0.29) is 5.84 Å².